The Bertz CT molecular complexity index is 597. The summed E-state index contributed by atoms with van der Waals surface area (Å²) < 4.78 is 4.66. The van der Waals surface area contributed by atoms with Gasteiger partial charge >= 0.3 is 5.97 Å². The predicted molar refractivity (Wildman–Crippen MR) is 79.0 cm³/mol. The third-order valence-electron chi connectivity index (χ3n) is 2.93. The van der Waals surface area contributed by atoms with E-state index in [1.165, 1.54) is 18.4 Å². The topological polar surface area (TPSA) is 75.6 Å². The lowest BCUT2D eigenvalue weighted by molar-refractivity contribution is -0.145. The van der Waals surface area contributed by atoms with E-state index < -0.39 is 24.0 Å². The molecule has 1 aromatic heterocycles. The normalized spacial score (nSPS) is 13.2. The molecule has 0 unspecified atom stereocenters. The molecule has 2 aromatic rings. The number of aliphatic hydroxyl groups excluding tert-OH is 1. The number of amides is 1. The molecule has 1 amide bonds. The van der Waals surface area contributed by atoms with Crippen LogP contribution >= 0.6 is 11.3 Å². The molecule has 110 valence electrons. The molecule has 6 heteroatoms. The summed E-state index contributed by atoms with van der Waals surface area (Å²) in [6.07, 6.45) is -1.15. The number of methoxy groups -OCH3 is 1. The van der Waals surface area contributed by atoms with Crippen molar-refractivity contribution in [3.05, 3.63) is 58.3 Å². The average Bonchev–Trinajstić information content (AvgIpc) is 3.06. The Morgan fingerprint density at radius 3 is 2.48 bits per heavy atom. The van der Waals surface area contributed by atoms with Crippen LogP contribution in [0.5, 0.6) is 0 Å². The molecule has 1 heterocycles. The molecule has 0 aliphatic heterocycles. The zero-order valence-corrected chi connectivity index (χ0v) is 12.2. The summed E-state index contributed by atoms with van der Waals surface area (Å²) in [5.74, 6) is -1.14. The van der Waals surface area contributed by atoms with E-state index >= 15 is 0 Å². The van der Waals surface area contributed by atoms with Crippen LogP contribution in [0.4, 0.5) is 0 Å². The van der Waals surface area contributed by atoms with Crippen molar-refractivity contribution in [2.75, 3.05) is 7.11 Å². The van der Waals surface area contributed by atoms with Gasteiger partial charge in [-0.2, -0.15) is 0 Å². The third-order valence-corrected chi connectivity index (χ3v) is 3.87. The number of benzene rings is 1. The fraction of sp³-hybridized carbons (Fsp3) is 0.200. The minimum Gasteiger partial charge on any atom is -0.467 e. The van der Waals surface area contributed by atoms with Gasteiger partial charge in [-0.1, -0.05) is 24.3 Å². The lowest BCUT2D eigenvalue weighted by Gasteiger charge is -2.21. The Labute approximate surface area is 126 Å². The van der Waals surface area contributed by atoms with Crippen molar-refractivity contribution < 1.29 is 19.4 Å². The number of esters is 1. The Balaban J connectivity index is 2.17. The molecule has 2 atom stereocenters. The van der Waals surface area contributed by atoms with E-state index in [4.69, 9.17) is 0 Å². The Kier molecular flexibility index (Phi) is 5.08. The van der Waals surface area contributed by atoms with E-state index in [1.807, 2.05) is 0 Å². The number of thiophene rings is 1. The Morgan fingerprint density at radius 1 is 1.19 bits per heavy atom. The first-order chi connectivity index (χ1) is 10.1. The van der Waals surface area contributed by atoms with Crippen molar-refractivity contribution in [2.24, 2.45) is 0 Å². The van der Waals surface area contributed by atoms with Crippen LogP contribution in [0.15, 0.2) is 47.8 Å². The molecule has 0 radical (unpaired) electrons. The first kappa shape index (κ1) is 15.2. The highest BCUT2D eigenvalue weighted by Crippen LogP contribution is 2.22. The van der Waals surface area contributed by atoms with Crippen LogP contribution in [-0.2, 0) is 9.53 Å². The monoisotopic (exact) mass is 305 g/mol. The van der Waals surface area contributed by atoms with Crippen molar-refractivity contribution >= 4 is 23.2 Å². The van der Waals surface area contributed by atoms with Crippen LogP contribution in [0.2, 0.25) is 0 Å². The van der Waals surface area contributed by atoms with Gasteiger partial charge in [-0.3, -0.25) is 4.79 Å². The fourth-order valence-corrected chi connectivity index (χ4v) is 2.58. The van der Waals surface area contributed by atoms with Crippen LogP contribution in [0.3, 0.4) is 0 Å². The predicted octanol–water partition coefficient (Wildman–Crippen LogP) is 1.75. The van der Waals surface area contributed by atoms with Crippen LogP contribution in [0.25, 0.3) is 0 Å². The smallest absolute Gasteiger partial charge is 0.331 e. The van der Waals surface area contributed by atoms with Crippen LogP contribution in [-0.4, -0.2) is 30.1 Å². The average molecular weight is 305 g/mol. The molecule has 0 saturated heterocycles. The summed E-state index contributed by atoms with van der Waals surface area (Å²) >= 11 is 1.30. The maximum atomic E-state index is 12.1. The Hall–Kier alpha value is -2.18. The summed E-state index contributed by atoms with van der Waals surface area (Å²) in [4.78, 5) is 24.5. The molecule has 0 fully saturated rings. The largest absolute Gasteiger partial charge is 0.467 e. The second kappa shape index (κ2) is 7.01. The number of aliphatic hydroxyl groups is 1. The molecule has 21 heavy (non-hydrogen) atoms. The molecular formula is C15H15NO4S. The van der Waals surface area contributed by atoms with E-state index in [2.05, 4.69) is 10.1 Å². The van der Waals surface area contributed by atoms with Gasteiger partial charge in [-0.15, -0.1) is 11.3 Å². The molecule has 1 aromatic carbocycles. The number of hydrogen-bond donors (Lipinski definition) is 2. The molecule has 0 bridgehead atoms. The summed E-state index contributed by atoms with van der Waals surface area (Å²) in [6, 6.07) is 10.8. The summed E-state index contributed by atoms with van der Waals surface area (Å²) in [6.45, 7) is 0. The summed E-state index contributed by atoms with van der Waals surface area (Å²) in [5.41, 5.74) is 0.407. The molecular weight excluding hydrogens is 290 g/mol. The van der Waals surface area contributed by atoms with Gasteiger partial charge in [-0.25, -0.2) is 4.79 Å². The lowest BCUT2D eigenvalue weighted by atomic mass is 10.1. The number of ether oxygens (including phenoxy) is 1. The lowest BCUT2D eigenvalue weighted by Crippen LogP contribution is -2.45. The zero-order chi connectivity index (χ0) is 15.2. The number of carbonyl (C=O) groups is 2. The second-order valence-electron chi connectivity index (χ2n) is 4.30. The third kappa shape index (κ3) is 3.68. The molecule has 0 spiro atoms. The minimum absolute atomic E-state index is 0.407. The molecule has 0 aliphatic rings. The first-order valence-electron chi connectivity index (χ1n) is 6.28. The van der Waals surface area contributed by atoms with E-state index in [1.54, 1.807) is 47.8 Å². The van der Waals surface area contributed by atoms with E-state index in [0.717, 1.165) is 0 Å². The highest BCUT2D eigenvalue weighted by molar-refractivity contribution is 7.10. The van der Waals surface area contributed by atoms with Crippen molar-refractivity contribution in [3.8, 4) is 0 Å². The first-order valence-corrected chi connectivity index (χ1v) is 7.16. The number of rotatable bonds is 5. The summed E-state index contributed by atoms with van der Waals surface area (Å²) in [5, 5.41) is 14.6. The van der Waals surface area contributed by atoms with E-state index in [9.17, 15) is 14.7 Å². The van der Waals surface area contributed by atoms with Gasteiger partial charge < -0.3 is 15.2 Å². The molecule has 2 N–H and O–H groups in total. The fourth-order valence-electron chi connectivity index (χ4n) is 1.83. The number of hydrogen-bond acceptors (Lipinski definition) is 5. The minimum atomic E-state index is -1.15. The van der Waals surface area contributed by atoms with Gasteiger partial charge in [0.05, 0.1) is 7.11 Å². The highest BCUT2D eigenvalue weighted by atomic mass is 32.1. The van der Waals surface area contributed by atoms with Crippen molar-refractivity contribution in [2.45, 2.75) is 12.1 Å². The van der Waals surface area contributed by atoms with E-state index in [-0.39, 0.29) is 0 Å². The molecule has 0 aliphatic carbocycles. The van der Waals surface area contributed by atoms with Crippen molar-refractivity contribution in [1.29, 1.82) is 0 Å². The van der Waals surface area contributed by atoms with Gasteiger partial charge in [0.1, 0.15) is 6.10 Å². The highest BCUT2D eigenvalue weighted by Gasteiger charge is 2.31. The van der Waals surface area contributed by atoms with Gasteiger partial charge in [0, 0.05) is 10.4 Å². The van der Waals surface area contributed by atoms with Gasteiger partial charge in [0.2, 0.25) is 0 Å². The quantitative estimate of drug-likeness (QED) is 0.825. The van der Waals surface area contributed by atoms with Gasteiger partial charge in [0.15, 0.2) is 6.04 Å². The van der Waals surface area contributed by atoms with Gasteiger partial charge in [-0.05, 0) is 23.6 Å². The maximum Gasteiger partial charge on any atom is 0.331 e. The molecule has 2 rings (SSSR count). The summed E-state index contributed by atoms with van der Waals surface area (Å²) in [7, 11) is 1.21. The molecule has 0 saturated carbocycles. The van der Waals surface area contributed by atoms with Gasteiger partial charge in [0.25, 0.3) is 5.91 Å². The number of carbonyl (C=O) groups excluding carboxylic acids is 2. The Morgan fingerprint density at radius 2 is 1.90 bits per heavy atom. The van der Waals surface area contributed by atoms with Crippen molar-refractivity contribution in [3.63, 3.8) is 0 Å². The number of nitrogens with one attached hydrogen (secondary N) is 1. The zero-order valence-electron chi connectivity index (χ0n) is 11.4. The maximum absolute atomic E-state index is 12.1. The van der Waals surface area contributed by atoms with Crippen molar-refractivity contribution in [1.82, 2.24) is 5.32 Å². The standard InChI is InChI=1S/C15H15NO4S/c1-20-15(19)12(13(17)11-8-5-9-21-11)16-14(18)10-6-3-2-4-7-10/h2-9,12-13,17H,1H3,(H,16,18)/t12-,13+/m0/s1. The molecule has 5 nitrogen and oxygen atoms in total. The van der Waals surface area contributed by atoms with Crippen LogP contribution < -0.4 is 5.32 Å². The SMILES string of the molecule is COC(=O)[C@@H](NC(=O)c1ccccc1)[C@H](O)c1cccs1. The van der Waals surface area contributed by atoms with Crippen LogP contribution in [0.1, 0.15) is 21.3 Å². The van der Waals surface area contributed by atoms with Crippen LogP contribution in [0, 0.1) is 0 Å². The van der Waals surface area contributed by atoms with E-state index in [0.29, 0.717) is 10.4 Å². The second-order valence-corrected chi connectivity index (χ2v) is 5.28.